The minimum atomic E-state index is -3.94. The fourth-order valence-corrected chi connectivity index (χ4v) is 2.90. The predicted octanol–water partition coefficient (Wildman–Crippen LogP) is 1.44. The molecule has 1 atom stereocenters. The topological polar surface area (TPSA) is 81.4 Å². The Morgan fingerprint density at radius 1 is 1.38 bits per heavy atom. The van der Waals surface area contributed by atoms with Gasteiger partial charge < -0.3 is 10.5 Å². The zero-order valence-electron chi connectivity index (χ0n) is 10.9. The summed E-state index contributed by atoms with van der Waals surface area (Å²) in [6.45, 7) is -3.14. The quantitative estimate of drug-likeness (QED) is 0.795. The molecule has 1 aliphatic rings. The fraction of sp³-hybridized carbons (Fsp3) is 0.500. The van der Waals surface area contributed by atoms with Crippen LogP contribution in [-0.2, 0) is 10.0 Å². The van der Waals surface area contributed by atoms with Crippen molar-refractivity contribution < 1.29 is 26.3 Å². The number of sulfonamides is 1. The number of nitrogens with one attached hydrogen (secondary N) is 1. The minimum Gasteiger partial charge on any atom is -0.432 e. The van der Waals surface area contributed by atoms with Gasteiger partial charge in [-0.05, 0) is 37.0 Å². The third kappa shape index (κ3) is 4.32. The van der Waals surface area contributed by atoms with Crippen LogP contribution < -0.4 is 15.2 Å². The highest BCUT2D eigenvalue weighted by atomic mass is 32.2. The van der Waals surface area contributed by atoms with Gasteiger partial charge in [0.05, 0.1) is 4.90 Å². The van der Waals surface area contributed by atoms with E-state index in [0.717, 1.165) is 25.0 Å². The molecule has 5 nitrogen and oxygen atoms in total. The molecule has 0 spiro atoms. The van der Waals surface area contributed by atoms with Crippen molar-refractivity contribution in [3.8, 4) is 5.75 Å². The van der Waals surface area contributed by atoms with Gasteiger partial charge in [-0.2, -0.15) is 8.78 Å². The van der Waals surface area contributed by atoms with Gasteiger partial charge in [-0.1, -0.05) is 0 Å². The molecule has 0 saturated heterocycles. The van der Waals surface area contributed by atoms with Gasteiger partial charge in [0.1, 0.15) is 0 Å². The highest BCUT2D eigenvalue weighted by molar-refractivity contribution is 7.89. The summed E-state index contributed by atoms with van der Waals surface area (Å²) >= 11 is 0. The minimum absolute atomic E-state index is 0.0455. The zero-order valence-corrected chi connectivity index (χ0v) is 11.7. The van der Waals surface area contributed by atoms with Gasteiger partial charge in [-0.25, -0.2) is 17.5 Å². The molecule has 0 heterocycles. The lowest BCUT2D eigenvalue weighted by Gasteiger charge is -2.13. The highest BCUT2D eigenvalue weighted by Crippen LogP contribution is 2.31. The van der Waals surface area contributed by atoms with E-state index in [1.54, 1.807) is 0 Å². The molecule has 0 radical (unpaired) electrons. The fourth-order valence-electron chi connectivity index (χ4n) is 1.82. The summed E-state index contributed by atoms with van der Waals surface area (Å²) in [5, 5.41) is 0. The molecule has 1 aromatic rings. The van der Waals surface area contributed by atoms with E-state index >= 15 is 0 Å². The first kappa shape index (κ1) is 16.1. The van der Waals surface area contributed by atoms with E-state index in [1.165, 1.54) is 0 Å². The standard InChI is InChI=1S/C12H15F3N2O3S/c13-9-5-8(3-4-11(9)20-12(14)15)21(18,19)17-6-10(16)7-1-2-7/h3-5,7,10,12,17H,1-2,6,16H2. The largest absolute Gasteiger partial charge is 0.432 e. The molecule has 0 aromatic heterocycles. The molecule has 0 aliphatic heterocycles. The zero-order chi connectivity index (χ0) is 15.6. The molecule has 1 aliphatic carbocycles. The summed E-state index contributed by atoms with van der Waals surface area (Å²) in [4.78, 5) is -0.371. The maximum absolute atomic E-state index is 13.5. The summed E-state index contributed by atoms with van der Waals surface area (Å²) in [7, 11) is -3.94. The number of halogens is 3. The molecule has 0 amide bonds. The number of nitrogens with two attached hydrogens (primary N) is 1. The van der Waals surface area contributed by atoms with E-state index in [9.17, 15) is 21.6 Å². The number of alkyl halides is 2. The highest BCUT2D eigenvalue weighted by Gasteiger charge is 2.29. The van der Waals surface area contributed by atoms with Gasteiger partial charge in [0, 0.05) is 12.6 Å². The first-order valence-electron chi connectivity index (χ1n) is 6.29. The third-order valence-corrected chi connectivity index (χ3v) is 4.59. The normalized spacial score (nSPS) is 17.0. The molecule has 1 aromatic carbocycles. The third-order valence-electron chi connectivity index (χ3n) is 3.17. The number of hydrogen-bond donors (Lipinski definition) is 2. The summed E-state index contributed by atoms with van der Waals surface area (Å²) in [6, 6.07) is 2.18. The first-order valence-corrected chi connectivity index (χ1v) is 7.77. The van der Waals surface area contributed by atoms with Crippen LogP contribution in [0.5, 0.6) is 5.75 Å². The Hall–Kier alpha value is -1.32. The smallest absolute Gasteiger partial charge is 0.387 e. The van der Waals surface area contributed by atoms with E-state index in [2.05, 4.69) is 9.46 Å². The van der Waals surface area contributed by atoms with Crippen LogP contribution in [0.3, 0.4) is 0 Å². The second-order valence-electron chi connectivity index (χ2n) is 4.82. The Kier molecular flexibility index (Phi) is 4.74. The van der Waals surface area contributed by atoms with Crippen LogP contribution in [0.15, 0.2) is 23.1 Å². The SMILES string of the molecule is NC(CNS(=O)(=O)c1ccc(OC(F)F)c(F)c1)C1CC1. The van der Waals surface area contributed by atoms with Crippen molar-refractivity contribution in [3.63, 3.8) is 0 Å². The molecule has 1 saturated carbocycles. The summed E-state index contributed by atoms with van der Waals surface area (Å²) in [5.74, 6) is -1.57. The lowest BCUT2D eigenvalue weighted by atomic mass is 10.2. The first-order chi connectivity index (χ1) is 9.79. The van der Waals surface area contributed by atoms with Crippen molar-refractivity contribution in [2.24, 2.45) is 11.7 Å². The van der Waals surface area contributed by atoms with Gasteiger partial charge in [-0.15, -0.1) is 0 Å². The Balaban J connectivity index is 2.06. The second kappa shape index (κ2) is 6.20. The van der Waals surface area contributed by atoms with Crippen molar-refractivity contribution in [2.45, 2.75) is 30.4 Å². The molecular weight excluding hydrogens is 309 g/mol. The van der Waals surface area contributed by atoms with Crippen LogP contribution in [0.1, 0.15) is 12.8 Å². The lowest BCUT2D eigenvalue weighted by Crippen LogP contribution is -2.38. The van der Waals surface area contributed by atoms with E-state index in [-0.39, 0.29) is 17.5 Å². The summed E-state index contributed by atoms with van der Waals surface area (Å²) in [5.41, 5.74) is 5.77. The molecular formula is C12H15F3N2O3S. The van der Waals surface area contributed by atoms with E-state index in [4.69, 9.17) is 5.73 Å². The molecule has 2 rings (SSSR count). The van der Waals surface area contributed by atoms with Gasteiger partial charge in [0.25, 0.3) is 0 Å². The Morgan fingerprint density at radius 2 is 2.05 bits per heavy atom. The number of rotatable bonds is 7. The van der Waals surface area contributed by atoms with E-state index in [1.807, 2.05) is 0 Å². The predicted molar refractivity (Wildman–Crippen MR) is 68.9 cm³/mol. The number of benzene rings is 1. The molecule has 9 heteroatoms. The van der Waals surface area contributed by atoms with Crippen LogP contribution in [0.4, 0.5) is 13.2 Å². The molecule has 1 unspecified atom stereocenters. The molecule has 21 heavy (non-hydrogen) atoms. The Bertz CT molecular complexity index is 606. The van der Waals surface area contributed by atoms with Crippen LogP contribution in [0.25, 0.3) is 0 Å². The Labute approximate surface area is 120 Å². The summed E-state index contributed by atoms with van der Waals surface area (Å²) < 4.78 is 67.6. The molecule has 3 N–H and O–H groups in total. The van der Waals surface area contributed by atoms with Gasteiger partial charge in [-0.3, -0.25) is 0 Å². The maximum atomic E-state index is 13.5. The van der Waals surface area contributed by atoms with Gasteiger partial charge in [0.15, 0.2) is 11.6 Å². The van der Waals surface area contributed by atoms with Crippen LogP contribution in [0, 0.1) is 11.7 Å². The second-order valence-corrected chi connectivity index (χ2v) is 6.59. The van der Waals surface area contributed by atoms with Crippen molar-refractivity contribution in [2.75, 3.05) is 6.54 Å². The lowest BCUT2D eigenvalue weighted by molar-refractivity contribution is -0.0522. The van der Waals surface area contributed by atoms with Gasteiger partial charge in [0.2, 0.25) is 10.0 Å². The average Bonchev–Trinajstić information content (AvgIpc) is 3.22. The van der Waals surface area contributed by atoms with E-state index < -0.39 is 28.2 Å². The van der Waals surface area contributed by atoms with Crippen LogP contribution in [-0.4, -0.2) is 27.6 Å². The number of hydrogen-bond acceptors (Lipinski definition) is 4. The number of ether oxygens (including phenoxy) is 1. The van der Waals surface area contributed by atoms with Crippen molar-refractivity contribution in [3.05, 3.63) is 24.0 Å². The Morgan fingerprint density at radius 3 is 2.57 bits per heavy atom. The van der Waals surface area contributed by atoms with E-state index in [0.29, 0.717) is 12.0 Å². The maximum Gasteiger partial charge on any atom is 0.387 e. The van der Waals surface area contributed by atoms with Crippen molar-refractivity contribution >= 4 is 10.0 Å². The van der Waals surface area contributed by atoms with Crippen molar-refractivity contribution in [1.29, 1.82) is 0 Å². The van der Waals surface area contributed by atoms with Crippen molar-refractivity contribution in [1.82, 2.24) is 4.72 Å². The molecule has 0 bridgehead atoms. The molecule has 118 valence electrons. The summed E-state index contributed by atoms with van der Waals surface area (Å²) in [6.07, 6.45) is 1.94. The monoisotopic (exact) mass is 324 g/mol. The van der Waals surface area contributed by atoms with Crippen LogP contribution >= 0.6 is 0 Å². The van der Waals surface area contributed by atoms with Crippen LogP contribution in [0.2, 0.25) is 0 Å². The molecule has 1 fully saturated rings. The van der Waals surface area contributed by atoms with Gasteiger partial charge >= 0.3 is 6.61 Å². The average molecular weight is 324 g/mol.